The van der Waals surface area contributed by atoms with Crippen LogP contribution in [0.5, 0.6) is 0 Å². The Kier molecular flexibility index (Phi) is 3.12. The van der Waals surface area contributed by atoms with Gasteiger partial charge < -0.3 is 10.3 Å². The molecule has 1 aromatic carbocycles. The maximum absolute atomic E-state index is 5.96. The molecule has 3 aromatic rings. The third-order valence-electron chi connectivity index (χ3n) is 2.95. The summed E-state index contributed by atoms with van der Waals surface area (Å²) in [6.45, 7) is 1.96. The quantitative estimate of drug-likeness (QED) is 0.731. The first-order valence-electron chi connectivity index (χ1n) is 5.95. The summed E-state index contributed by atoms with van der Waals surface area (Å²) in [4.78, 5) is 8.43. The van der Waals surface area contributed by atoms with Crippen LogP contribution in [-0.2, 0) is 0 Å². The van der Waals surface area contributed by atoms with E-state index in [2.05, 4.69) is 15.1 Å². The van der Waals surface area contributed by atoms with Crippen molar-refractivity contribution in [1.82, 2.24) is 15.1 Å². The third kappa shape index (κ3) is 2.23. The van der Waals surface area contributed by atoms with Crippen LogP contribution in [0.2, 0.25) is 5.02 Å². The van der Waals surface area contributed by atoms with Gasteiger partial charge in [-0.2, -0.15) is 4.98 Å². The first-order valence-corrected chi connectivity index (χ1v) is 6.33. The van der Waals surface area contributed by atoms with Crippen LogP contribution in [0.1, 0.15) is 5.56 Å². The van der Waals surface area contributed by atoms with Crippen molar-refractivity contribution in [2.45, 2.75) is 6.92 Å². The highest BCUT2D eigenvalue weighted by atomic mass is 35.5. The Hall–Kier alpha value is -2.40. The second kappa shape index (κ2) is 4.94. The van der Waals surface area contributed by atoms with Crippen molar-refractivity contribution in [3.63, 3.8) is 0 Å². The molecule has 0 aliphatic heterocycles. The zero-order chi connectivity index (χ0) is 14.1. The molecule has 20 heavy (non-hydrogen) atoms. The minimum absolute atomic E-state index is 0.336. The van der Waals surface area contributed by atoms with E-state index in [9.17, 15) is 0 Å². The summed E-state index contributed by atoms with van der Waals surface area (Å²) in [5.74, 6) is 0.813. The molecule has 5 nitrogen and oxygen atoms in total. The fraction of sp³-hybridized carbons (Fsp3) is 0.0714. The monoisotopic (exact) mass is 286 g/mol. The fourth-order valence-electron chi connectivity index (χ4n) is 1.85. The molecule has 0 amide bonds. The van der Waals surface area contributed by atoms with Crippen molar-refractivity contribution in [2.24, 2.45) is 0 Å². The number of hydrogen-bond donors (Lipinski definition) is 1. The summed E-state index contributed by atoms with van der Waals surface area (Å²) >= 11 is 5.96. The molecule has 2 heterocycles. The molecule has 0 aliphatic rings. The highest BCUT2D eigenvalue weighted by Gasteiger charge is 2.14. The van der Waals surface area contributed by atoms with E-state index in [1.165, 1.54) is 0 Å². The number of benzene rings is 1. The molecule has 0 aliphatic carbocycles. The second-order valence-corrected chi connectivity index (χ2v) is 4.78. The lowest BCUT2D eigenvalue weighted by Crippen LogP contribution is -1.90. The topological polar surface area (TPSA) is 77.8 Å². The summed E-state index contributed by atoms with van der Waals surface area (Å²) in [6.07, 6.45) is 3.42. The molecule has 0 radical (unpaired) electrons. The van der Waals surface area contributed by atoms with Gasteiger partial charge in [-0.1, -0.05) is 16.8 Å². The average molecular weight is 287 g/mol. The predicted molar refractivity (Wildman–Crippen MR) is 77.1 cm³/mol. The SMILES string of the molecule is Cc1ccncc1-c1noc(-c2cc(Cl)ccc2N)n1. The minimum atomic E-state index is 0.336. The van der Waals surface area contributed by atoms with Crippen LogP contribution in [0.25, 0.3) is 22.8 Å². The Morgan fingerprint density at radius 3 is 2.85 bits per heavy atom. The number of anilines is 1. The van der Waals surface area contributed by atoms with Gasteiger partial charge in [0.25, 0.3) is 5.89 Å². The maximum Gasteiger partial charge on any atom is 0.260 e. The van der Waals surface area contributed by atoms with Crippen LogP contribution >= 0.6 is 11.6 Å². The van der Waals surface area contributed by atoms with Crippen LogP contribution in [0.4, 0.5) is 5.69 Å². The number of nitrogens with two attached hydrogens (primary N) is 1. The van der Waals surface area contributed by atoms with Gasteiger partial charge in [0.15, 0.2) is 0 Å². The van der Waals surface area contributed by atoms with E-state index in [4.69, 9.17) is 21.9 Å². The second-order valence-electron chi connectivity index (χ2n) is 4.35. The van der Waals surface area contributed by atoms with E-state index in [0.29, 0.717) is 28.0 Å². The van der Waals surface area contributed by atoms with Gasteiger partial charge in [0.2, 0.25) is 5.82 Å². The van der Waals surface area contributed by atoms with E-state index >= 15 is 0 Å². The lowest BCUT2D eigenvalue weighted by molar-refractivity contribution is 0.432. The molecular weight excluding hydrogens is 276 g/mol. The van der Waals surface area contributed by atoms with Crippen LogP contribution in [0.15, 0.2) is 41.2 Å². The lowest BCUT2D eigenvalue weighted by Gasteiger charge is -2.00. The molecule has 0 bridgehead atoms. The molecule has 2 aromatic heterocycles. The van der Waals surface area contributed by atoms with Gasteiger partial charge in [-0.25, -0.2) is 0 Å². The molecule has 3 rings (SSSR count). The summed E-state index contributed by atoms with van der Waals surface area (Å²) in [5.41, 5.74) is 8.90. The van der Waals surface area contributed by atoms with Crippen molar-refractivity contribution in [2.75, 3.05) is 5.73 Å². The van der Waals surface area contributed by atoms with Gasteiger partial charge in [0.05, 0.1) is 5.56 Å². The van der Waals surface area contributed by atoms with Crippen LogP contribution in [0.3, 0.4) is 0 Å². The van der Waals surface area contributed by atoms with Crippen molar-refractivity contribution in [3.8, 4) is 22.8 Å². The average Bonchev–Trinajstić information content (AvgIpc) is 2.91. The number of aryl methyl sites for hydroxylation is 1. The Labute approximate surface area is 120 Å². The molecule has 100 valence electrons. The highest BCUT2D eigenvalue weighted by Crippen LogP contribution is 2.29. The van der Waals surface area contributed by atoms with Crippen LogP contribution in [0, 0.1) is 6.92 Å². The number of rotatable bonds is 2. The normalized spacial score (nSPS) is 10.7. The van der Waals surface area contributed by atoms with Gasteiger partial charge in [0, 0.05) is 28.7 Å². The van der Waals surface area contributed by atoms with E-state index in [1.54, 1.807) is 30.6 Å². The fourth-order valence-corrected chi connectivity index (χ4v) is 2.03. The Morgan fingerprint density at radius 1 is 1.20 bits per heavy atom. The number of hydrogen-bond acceptors (Lipinski definition) is 5. The Balaban J connectivity index is 2.07. The van der Waals surface area contributed by atoms with Crippen LogP contribution < -0.4 is 5.73 Å². The molecule has 0 saturated carbocycles. The summed E-state index contributed by atoms with van der Waals surface area (Å²) in [6, 6.07) is 7.00. The van der Waals surface area contributed by atoms with E-state index in [0.717, 1.165) is 11.1 Å². The number of nitrogens with zero attached hydrogens (tertiary/aromatic N) is 3. The van der Waals surface area contributed by atoms with Crippen molar-refractivity contribution < 1.29 is 4.52 Å². The largest absolute Gasteiger partial charge is 0.398 e. The number of nitrogen functional groups attached to an aromatic ring is 1. The Bertz CT molecular complexity index is 769. The number of pyridine rings is 1. The molecule has 6 heteroatoms. The molecule has 0 saturated heterocycles. The minimum Gasteiger partial charge on any atom is -0.398 e. The number of aromatic nitrogens is 3. The van der Waals surface area contributed by atoms with Gasteiger partial charge >= 0.3 is 0 Å². The Morgan fingerprint density at radius 2 is 2.05 bits per heavy atom. The molecule has 0 unspecified atom stereocenters. The van der Waals surface area contributed by atoms with Crippen molar-refractivity contribution >= 4 is 17.3 Å². The maximum atomic E-state index is 5.96. The molecule has 0 spiro atoms. The van der Waals surface area contributed by atoms with E-state index in [-0.39, 0.29) is 0 Å². The first-order chi connectivity index (χ1) is 9.65. The zero-order valence-corrected chi connectivity index (χ0v) is 11.4. The summed E-state index contributed by atoms with van der Waals surface area (Å²) in [5, 5.41) is 4.53. The highest BCUT2D eigenvalue weighted by molar-refractivity contribution is 6.31. The standard InChI is InChI=1S/C14H11ClN4O/c1-8-4-5-17-7-11(8)13-18-14(20-19-13)10-6-9(15)2-3-12(10)16/h2-7H,16H2,1H3. The zero-order valence-electron chi connectivity index (χ0n) is 10.7. The van der Waals surface area contributed by atoms with Crippen molar-refractivity contribution in [3.05, 3.63) is 47.2 Å². The van der Waals surface area contributed by atoms with E-state index < -0.39 is 0 Å². The van der Waals surface area contributed by atoms with Crippen LogP contribution in [-0.4, -0.2) is 15.1 Å². The lowest BCUT2D eigenvalue weighted by atomic mass is 10.1. The molecule has 2 N–H and O–H groups in total. The first kappa shape index (κ1) is 12.6. The molecule has 0 fully saturated rings. The number of halogens is 1. The van der Waals surface area contributed by atoms with Gasteiger partial charge in [-0.3, -0.25) is 4.98 Å². The van der Waals surface area contributed by atoms with Gasteiger partial charge in [0.1, 0.15) is 0 Å². The third-order valence-corrected chi connectivity index (χ3v) is 3.19. The van der Waals surface area contributed by atoms with Gasteiger partial charge in [-0.15, -0.1) is 0 Å². The van der Waals surface area contributed by atoms with E-state index in [1.807, 2.05) is 13.0 Å². The van der Waals surface area contributed by atoms with Crippen molar-refractivity contribution in [1.29, 1.82) is 0 Å². The molecule has 0 atom stereocenters. The summed E-state index contributed by atoms with van der Waals surface area (Å²) in [7, 11) is 0. The molecular formula is C14H11ClN4O. The predicted octanol–water partition coefficient (Wildman–Crippen LogP) is 3.34. The summed E-state index contributed by atoms with van der Waals surface area (Å²) < 4.78 is 5.27. The smallest absolute Gasteiger partial charge is 0.260 e. The van der Waals surface area contributed by atoms with Gasteiger partial charge in [-0.05, 0) is 36.8 Å².